The quantitative estimate of drug-likeness (QED) is 0.241. The maximum Gasteiger partial charge on any atom is 0.410 e. The van der Waals surface area contributed by atoms with E-state index in [0.29, 0.717) is 42.1 Å². The molecule has 232 valence electrons. The van der Waals surface area contributed by atoms with Crippen LogP contribution >= 0.6 is 0 Å². The number of rotatable bonds is 4. The van der Waals surface area contributed by atoms with E-state index in [9.17, 15) is 4.79 Å². The second-order valence-electron chi connectivity index (χ2n) is 12.8. The third-order valence-electron chi connectivity index (χ3n) is 8.71. The normalized spacial score (nSPS) is 17.8. The third kappa shape index (κ3) is 4.55. The maximum absolute atomic E-state index is 16.1. The number of fused-ring (bicyclic) bond motifs is 4. The van der Waals surface area contributed by atoms with Gasteiger partial charge in [0.25, 0.3) is 0 Å². The van der Waals surface area contributed by atoms with Gasteiger partial charge in [0.05, 0.1) is 34.6 Å². The number of piperazine rings is 1. The zero-order chi connectivity index (χ0) is 31.7. The van der Waals surface area contributed by atoms with Crippen LogP contribution in [-0.2, 0) is 4.74 Å². The topological polar surface area (TPSA) is 105 Å². The molecule has 8 rings (SSSR count). The molecule has 46 heavy (non-hydrogen) atoms. The molecule has 12 heteroatoms. The Morgan fingerprint density at radius 3 is 2.48 bits per heavy atom. The fraction of sp³-hybridized carbons (Fsp3) is 0.265. The Kier molecular flexibility index (Phi) is 6.31. The lowest BCUT2D eigenvalue weighted by atomic mass is 9.99. The minimum Gasteiger partial charge on any atom is -0.444 e. The molecule has 1 amide bonds. The van der Waals surface area contributed by atoms with Gasteiger partial charge < -0.3 is 14.5 Å². The zero-order valence-electron chi connectivity index (χ0n) is 25.4. The van der Waals surface area contributed by atoms with Crippen LogP contribution in [-0.4, -0.2) is 71.5 Å². The molecule has 0 unspecified atom stereocenters. The molecular weight excluding hydrogens is 590 g/mol. The molecule has 2 fully saturated rings. The van der Waals surface area contributed by atoms with Gasteiger partial charge in [-0.2, -0.15) is 10.2 Å². The highest BCUT2D eigenvalue weighted by Gasteiger charge is 2.47. The summed E-state index contributed by atoms with van der Waals surface area (Å²) < 4.78 is 39.3. The number of hydrogen-bond donors (Lipinski definition) is 1. The number of carbonyl (C=O) groups excluding carboxylic acids is 1. The maximum atomic E-state index is 16.1. The lowest BCUT2D eigenvalue weighted by Gasteiger charge is -2.36. The lowest BCUT2D eigenvalue weighted by Crippen LogP contribution is -2.50. The molecule has 2 aliphatic heterocycles. The monoisotopic (exact) mass is 620 g/mol. The summed E-state index contributed by atoms with van der Waals surface area (Å²) in [4.78, 5) is 25.2. The number of pyridine rings is 1. The number of likely N-dealkylation sites (tertiary alicyclic amines) is 1. The second kappa shape index (κ2) is 10.3. The number of H-pyrrole nitrogens is 1. The van der Waals surface area contributed by atoms with Crippen molar-refractivity contribution in [2.24, 2.45) is 0 Å². The molecule has 2 saturated heterocycles. The van der Waals surface area contributed by atoms with Crippen molar-refractivity contribution in [2.75, 3.05) is 18.0 Å². The molecule has 2 aliphatic rings. The van der Waals surface area contributed by atoms with Crippen LogP contribution in [0.15, 0.2) is 73.3 Å². The largest absolute Gasteiger partial charge is 0.444 e. The average Bonchev–Trinajstić information content (AvgIpc) is 3.83. The molecule has 4 aromatic heterocycles. The van der Waals surface area contributed by atoms with Crippen molar-refractivity contribution in [3.05, 3.63) is 85.0 Å². The van der Waals surface area contributed by atoms with Gasteiger partial charge in [-0.05, 0) is 69.2 Å². The summed E-state index contributed by atoms with van der Waals surface area (Å²) in [6.07, 6.45) is 6.98. The van der Waals surface area contributed by atoms with Crippen LogP contribution in [0.3, 0.4) is 0 Å². The fourth-order valence-electron chi connectivity index (χ4n) is 6.78. The zero-order valence-corrected chi connectivity index (χ0v) is 25.4. The molecular formula is C34H30F2N8O2. The number of carbonyl (C=O) groups is 1. The molecule has 10 nitrogen and oxygen atoms in total. The summed E-state index contributed by atoms with van der Waals surface area (Å²) >= 11 is 0. The summed E-state index contributed by atoms with van der Waals surface area (Å²) in [5.74, 6) is -1.43. The van der Waals surface area contributed by atoms with Crippen LogP contribution in [0.25, 0.3) is 50.2 Å². The Morgan fingerprint density at radius 1 is 0.978 bits per heavy atom. The first-order valence-corrected chi connectivity index (χ1v) is 15.1. The number of hydrogen-bond acceptors (Lipinski definition) is 7. The van der Waals surface area contributed by atoms with Crippen LogP contribution in [0.1, 0.15) is 27.2 Å². The number of amides is 1. The SMILES string of the molecule is CC(C)(C)OC(=O)N1C[C@H]2C[C@@H]1CN2c1cc(F)c(-c2ccnc3c(-c4cccc5[nH]ncc45)c(-c4ccncc4)nn23)c(F)c1. The minimum atomic E-state index is -0.714. The van der Waals surface area contributed by atoms with Gasteiger partial charge in [-0.1, -0.05) is 12.1 Å². The number of anilines is 1. The molecule has 0 spiro atoms. The van der Waals surface area contributed by atoms with Crippen LogP contribution in [0.4, 0.5) is 19.3 Å². The Morgan fingerprint density at radius 2 is 1.76 bits per heavy atom. The summed E-state index contributed by atoms with van der Waals surface area (Å²) in [6, 6.07) is 13.6. The van der Waals surface area contributed by atoms with Gasteiger partial charge in [-0.15, -0.1) is 0 Å². The molecule has 0 aliphatic carbocycles. The molecule has 2 atom stereocenters. The second-order valence-corrected chi connectivity index (χ2v) is 12.8. The number of benzene rings is 2. The highest BCUT2D eigenvalue weighted by atomic mass is 19.1. The van der Waals surface area contributed by atoms with Crippen molar-refractivity contribution in [3.8, 4) is 33.6 Å². The molecule has 0 saturated carbocycles. The number of nitrogens with zero attached hydrogens (tertiary/aromatic N) is 7. The van der Waals surface area contributed by atoms with Crippen molar-refractivity contribution in [2.45, 2.75) is 44.9 Å². The first kappa shape index (κ1) is 28.1. The van der Waals surface area contributed by atoms with Crippen LogP contribution < -0.4 is 4.90 Å². The van der Waals surface area contributed by atoms with Gasteiger partial charge in [0.2, 0.25) is 0 Å². The van der Waals surface area contributed by atoms with Gasteiger partial charge in [-0.3, -0.25) is 10.1 Å². The number of nitrogens with one attached hydrogen (secondary N) is 1. The van der Waals surface area contributed by atoms with Gasteiger partial charge >= 0.3 is 6.09 Å². The van der Waals surface area contributed by atoms with Gasteiger partial charge in [0.15, 0.2) is 5.65 Å². The highest BCUT2D eigenvalue weighted by molar-refractivity contribution is 6.03. The number of aromatic nitrogens is 6. The van der Waals surface area contributed by atoms with Gasteiger partial charge in [-0.25, -0.2) is 23.1 Å². The standard InChI is InChI=1S/C34H30F2N8O2/c1-34(2,3)46-33(45)43-18-21-13-22(43)17-42(21)20-14-25(35)30(26(36)15-20)28-9-12-38-32-29(23-5-4-6-27-24(23)16-39-40-27)31(41-44(28)32)19-7-10-37-11-8-19/h4-12,14-16,21-22H,13,17-18H2,1-3H3,(H,39,40)/t21-,22-/m1/s1. The van der Waals surface area contributed by atoms with Crippen molar-refractivity contribution in [3.63, 3.8) is 0 Å². The third-order valence-corrected chi connectivity index (χ3v) is 8.71. The lowest BCUT2D eigenvalue weighted by molar-refractivity contribution is 0.0214. The van der Waals surface area contributed by atoms with E-state index in [1.165, 1.54) is 16.6 Å². The fourth-order valence-corrected chi connectivity index (χ4v) is 6.78. The van der Waals surface area contributed by atoms with E-state index >= 15 is 8.78 Å². The summed E-state index contributed by atoms with van der Waals surface area (Å²) in [6.45, 7) is 6.41. The molecule has 6 aromatic rings. The van der Waals surface area contributed by atoms with E-state index in [1.54, 1.807) is 35.8 Å². The summed E-state index contributed by atoms with van der Waals surface area (Å²) in [5, 5.41) is 13.0. The van der Waals surface area contributed by atoms with Crippen LogP contribution in [0, 0.1) is 11.6 Å². The Labute approximate surface area is 262 Å². The molecule has 1 N–H and O–H groups in total. The average molecular weight is 621 g/mol. The van der Waals surface area contributed by atoms with E-state index < -0.39 is 17.2 Å². The predicted molar refractivity (Wildman–Crippen MR) is 169 cm³/mol. The highest BCUT2D eigenvalue weighted by Crippen LogP contribution is 2.41. The van der Waals surface area contributed by atoms with E-state index in [-0.39, 0.29) is 29.4 Å². The summed E-state index contributed by atoms with van der Waals surface area (Å²) in [5.41, 5.74) is 4.06. The van der Waals surface area contributed by atoms with Crippen molar-refractivity contribution in [1.29, 1.82) is 0 Å². The van der Waals surface area contributed by atoms with Gasteiger partial charge in [0, 0.05) is 54.4 Å². The molecule has 0 radical (unpaired) electrons. The van der Waals surface area contributed by atoms with E-state index in [0.717, 1.165) is 22.0 Å². The first-order chi connectivity index (χ1) is 22.2. The smallest absolute Gasteiger partial charge is 0.410 e. The van der Waals surface area contributed by atoms with Crippen LogP contribution in [0.2, 0.25) is 0 Å². The van der Waals surface area contributed by atoms with Gasteiger partial charge in [0.1, 0.15) is 22.9 Å². The van der Waals surface area contributed by atoms with E-state index in [1.807, 2.05) is 56.0 Å². The number of halogens is 2. The minimum absolute atomic E-state index is 0.0583. The van der Waals surface area contributed by atoms with Crippen molar-refractivity contribution in [1.82, 2.24) is 34.7 Å². The predicted octanol–water partition coefficient (Wildman–Crippen LogP) is 6.48. The number of ether oxygens (including phenoxy) is 1. The Hall–Kier alpha value is -5.39. The molecule has 2 aromatic carbocycles. The first-order valence-electron chi connectivity index (χ1n) is 15.1. The van der Waals surface area contributed by atoms with Crippen molar-refractivity contribution < 1.29 is 18.3 Å². The Bertz CT molecular complexity index is 2120. The van der Waals surface area contributed by atoms with Crippen molar-refractivity contribution >= 4 is 28.3 Å². The van der Waals surface area contributed by atoms with Crippen LogP contribution in [0.5, 0.6) is 0 Å². The number of aromatic amines is 1. The molecule has 2 bridgehead atoms. The van der Waals surface area contributed by atoms with E-state index in [2.05, 4.69) is 20.2 Å². The van der Waals surface area contributed by atoms with E-state index in [4.69, 9.17) is 9.84 Å². The Balaban J connectivity index is 1.20. The molecule has 6 heterocycles. The summed E-state index contributed by atoms with van der Waals surface area (Å²) in [7, 11) is 0.